The van der Waals surface area contributed by atoms with E-state index in [0.717, 1.165) is 23.3 Å². The first kappa shape index (κ1) is 14.6. The Kier molecular flexibility index (Phi) is 4.58. The molecule has 1 aliphatic heterocycles. The van der Waals surface area contributed by atoms with Crippen molar-refractivity contribution >= 4 is 28.8 Å². The fraction of sp³-hybridized carbons (Fsp3) is 0.312. The number of halogens is 1. The topological polar surface area (TPSA) is 38.3 Å². The smallest absolute Gasteiger partial charge is 0.249 e. The van der Waals surface area contributed by atoms with Crippen LogP contribution in [0.5, 0.6) is 0 Å². The molecule has 0 radical (unpaired) electrons. The molecular weight excluding hydrogens is 306 g/mol. The van der Waals surface area contributed by atoms with Gasteiger partial charge in [0.15, 0.2) is 0 Å². The Hall–Kier alpha value is -1.36. The molecule has 2 aromatic rings. The molecule has 1 aliphatic rings. The second-order valence-corrected chi connectivity index (χ2v) is 6.43. The fourth-order valence-corrected chi connectivity index (χ4v) is 3.38. The van der Waals surface area contributed by atoms with Crippen molar-refractivity contribution in [1.82, 2.24) is 5.32 Å². The largest absolute Gasteiger partial charge is 0.368 e. The van der Waals surface area contributed by atoms with Crippen LogP contribution in [0.1, 0.15) is 29.3 Å². The van der Waals surface area contributed by atoms with Gasteiger partial charge < -0.3 is 10.1 Å². The Balaban J connectivity index is 1.82. The van der Waals surface area contributed by atoms with Crippen LogP contribution >= 0.6 is 22.9 Å². The normalized spacial score (nSPS) is 19.4. The van der Waals surface area contributed by atoms with Crippen molar-refractivity contribution in [2.45, 2.75) is 25.0 Å². The summed E-state index contributed by atoms with van der Waals surface area (Å²) in [6.45, 7) is 0.669. The van der Waals surface area contributed by atoms with Gasteiger partial charge >= 0.3 is 0 Å². The van der Waals surface area contributed by atoms with Gasteiger partial charge in [0, 0.05) is 16.5 Å². The number of ether oxygens (including phenoxy) is 1. The summed E-state index contributed by atoms with van der Waals surface area (Å²) in [5.41, 5.74) is 1.02. The maximum absolute atomic E-state index is 12.3. The second kappa shape index (κ2) is 6.60. The van der Waals surface area contributed by atoms with Crippen molar-refractivity contribution in [1.29, 1.82) is 0 Å². The van der Waals surface area contributed by atoms with Gasteiger partial charge in [-0.05, 0) is 42.0 Å². The summed E-state index contributed by atoms with van der Waals surface area (Å²) in [6, 6.07) is 11.4. The standard InChI is InChI=1S/C16H16ClNO2S/c17-12-7-5-11(6-8-12)15(14-4-2-10-21-14)18-16(19)13-3-1-9-20-13/h2,4-8,10,13,15H,1,3,9H2,(H,18,19). The van der Waals surface area contributed by atoms with Crippen LogP contribution < -0.4 is 5.32 Å². The molecule has 1 N–H and O–H groups in total. The highest BCUT2D eigenvalue weighted by molar-refractivity contribution is 7.10. The molecule has 3 nitrogen and oxygen atoms in total. The minimum Gasteiger partial charge on any atom is -0.368 e. The molecule has 1 saturated heterocycles. The predicted molar refractivity (Wildman–Crippen MR) is 84.7 cm³/mol. The van der Waals surface area contributed by atoms with Crippen molar-refractivity contribution < 1.29 is 9.53 Å². The van der Waals surface area contributed by atoms with E-state index in [1.807, 2.05) is 41.8 Å². The molecule has 21 heavy (non-hydrogen) atoms. The summed E-state index contributed by atoms with van der Waals surface area (Å²) in [5.74, 6) is -0.0409. The highest BCUT2D eigenvalue weighted by Gasteiger charge is 2.27. The first-order valence-electron chi connectivity index (χ1n) is 6.95. The lowest BCUT2D eigenvalue weighted by atomic mass is 10.0. The number of carbonyl (C=O) groups is 1. The second-order valence-electron chi connectivity index (χ2n) is 5.01. The summed E-state index contributed by atoms with van der Waals surface area (Å²) >= 11 is 7.57. The summed E-state index contributed by atoms with van der Waals surface area (Å²) in [6.07, 6.45) is 1.42. The first-order chi connectivity index (χ1) is 10.2. The lowest BCUT2D eigenvalue weighted by Crippen LogP contribution is -2.37. The van der Waals surface area contributed by atoms with E-state index in [0.29, 0.717) is 11.6 Å². The molecule has 0 saturated carbocycles. The van der Waals surface area contributed by atoms with E-state index in [9.17, 15) is 4.79 Å². The van der Waals surface area contributed by atoms with E-state index in [4.69, 9.17) is 16.3 Å². The summed E-state index contributed by atoms with van der Waals surface area (Å²) in [5, 5.41) is 5.80. The predicted octanol–water partition coefficient (Wildman–Crippen LogP) is 3.79. The van der Waals surface area contributed by atoms with Crippen LogP contribution in [-0.2, 0) is 9.53 Å². The summed E-state index contributed by atoms with van der Waals surface area (Å²) in [4.78, 5) is 13.4. The zero-order chi connectivity index (χ0) is 14.7. The lowest BCUT2D eigenvalue weighted by Gasteiger charge is -2.20. The zero-order valence-corrected chi connectivity index (χ0v) is 13.0. The molecule has 0 spiro atoms. The minimum absolute atomic E-state index is 0.0409. The molecule has 0 bridgehead atoms. The number of rotatable bonds is 4. The molecule has 3 rings (SSSR count). The zero-order valence-electron chi connectivity index (χ0n) is 11.4. The van der Waals surface area contributed by atoms with Gasteiger partial charge in [0.2, 0.25) is 5.91 Å². The van der Waals surface area contributed by atoms with Gasteiger partial charge in [-0.2, -0.15) is 0 Å². The number of hydrogen-bond donors (Lipinski definition) is 1. The van der Waals surface area contributed by atoms with Crippen LogP contribution in [0.3, 0.4) is 0 Å². The quantitative estimate of drug-likeness (QED) is 0.930. The average molecular weight is 322 g/mol. The Labute approximate surface area is 132 Å². The Morgan fingerprint density at radius 3 is 2.76 bits per heavy atom. The maximum atomic E-state index is 12.3. The molecule has 2 atom stereocenters. The van der Waals surface area contributed by atoms with Gasteiger partial charge in [0.1, 0.15) is 6.10 Å². The van der Waals surface area contributed by atoms with E-state index < -0.39 is 0 Å². The van der Waals surface area contributed by atoms with E-state index in [-0.39, 0.29) is 18.1 Å². The molecule has 1 amide bonds. The van der Waals surface area contributed by atoms with Gasteiger partial charge in [-0.1, -0.05) is 29.8 Å². The third-order valence-electron chi connectivity index (χ3n) is 3.54. The Bertz CT molecular complexity index is 591. The fourth-order valence-electron chi connectivity index (χ4n) is 2.45. The molecule has 2 unspecified atom stereocenters. The number of benzene rings is 1. The number of amides is 1. The van der Waals surface area contributed by atoms with Crippen molar-refractivity contribution in [2.24, 2.45) is 0 Å². The summed E-state index contributed by atoms with van der Waals surface area (Å²) < 4.78 is 5.46. The highest BCUT2D eigenvalue weighted by Crippen LogP contribution is 2.27. The number of carbonyl (C=O) groups excluding carboxylic acids is 1. The maximum Gasteiger partial charge on any atom is 0.249 e. The number of thiophene rings is 1. The molecular formula is C16H16ClNO2S. The van der Waals surface area contributed by atoms with Crippen LogP contribution in [-0.4, -0.2) is 18.6 Å². The molecule has 1 aromatic heterocycles. The van der Waals surface area contributed by atoms with Gasteiger partial charge in [-0.25, -0.2) is 0 Å². The van der Waals surface area contributed by atoms with Gasteiger partial charge in [0.25, 0.3) is 0 Å². The molecule has 2 heterocycles. The van der Waals surface area contributed by atoms with Crippen molar-refractivity contribution in [3.63, 3.8) is 0 Å². The van der Waals surface area contributed by atoms with Crippen molar-refractivity contribution in [3.8, 4) is 0 Å². The number of nitrogens with one attached hydrogen (secondary N) is 1. The van der Waals surface area contributed by atoms with Gasteiger partial charge in [0.05, 0.1) is 6.04 Å². The molecule has 110 valence electrons. The van der Waals surface area contributed by atoms with Crippen LogP contribution in [0.25, 0.3) is 0 Å². The first-order valence-corrected chi connectivity index (χ1v) is 8.20. The van der Waals surface area contributed by atoms with Gasteiger partial charge in [-0.15, -0.1) is 11.3 Å². The monoisotopic (exact) mass is 321 g/mol. The average Bonchev–Trinajstić information content (AvgIpc) is 3.19. The third-order valence-corrected chi connectivity index (χ3v) is 4.73. The van der Waals surface area contributed by atoms with Crippen molar-refractivity contribution in [3.05, 3.63) is 57.2 Å². The minimum atomic E-state index is -0.320. The molecule has 5 heteroatoms. The van der Waals surface area contributed by atoms with Crippen molar-refractivity contribution in [2.75, 3.05) is 6.61 Å². The van der Waals surface area contributed by atoms with E-state index in [2.05, 4.69) is 5.32 Å². The van der Waals surface area contributed by atoms with Crippen LogP contribution in [0.4, 0.5) is 0 Å². The van der Waals surface area contributed by atoms with E-state index in [1.165, 1.54) is 0 Å². The number of hydrogen-bond acceptors (Lipinski definition) is 3. The third kappa shape index (κ3) is 3.46. The van der Waals surface area contributed by atoms with E-state index >= 15 is 0 Å². The van der Waals surface area contributed by atoms with Crippen LogP contribution in [0.15, 0.2) is 41.8 Å². The lowest BCUT2D eigenvalue weighted by molar-refractivity contribution is -0.130. The highest BCUT2D eigenvalue weighted by atomic mass is 35.5. The van der Waals surface area contributed by atoms with E-state index in [1.54, 1.807) is 11.3 Å². The SMILES string of the molecule is O=C(NC(c1ccc(Cl)cc1)c1cccs1)C1CCCO1. The van der Waals surface area contributed by atoms with Crippen LogP contribution in [0, 0.1) is 0 Å². The van der Waals surface area contributed by atoms with Crippen LogP contribution in [0.2, 0.25) is 5.02 Å². The Morgan fingerprint density at radius 2 is 2.14 bits per heavy atom. The molecule has 0 aliphatic carbocycles. The summed E-state index contributed by atoms with van der Waals surface area (Å²) in [7, 11) is 0. The molecule has 1 fully saturated rings. The van der Waals surface area contributed by atoms with Gasteiger partial charge in [-0.3, -0.25) is 4.79 Å². The Morgan fingerprint density at radius 1 is 1.33 bits per heavy atom. The molecule has 1 aromatic carbocycles.